The highest BCUT2D eigenvalue weighted by Gasteiger charge is 2.15. The zero-order valence-electron chi connectivity index (χ0n) is 7.36. The van der Waals surface area contributed by atoms with Crippen LogP contribution in [0.2, 0.25) is 5.15 Å². The molecule has 0 unspecified atom stereocenters. The first kappa shape index (κ1) is 10.5. The van der Waals surface area contributed by atoms with Crippen LogP contribution >= 0.6 is 11.6 Å². The van der Waals surface area contributed by atoms with Gasteiger partial charge in [-0.15, -0.1) is 0 Å². The van der Waals surface area contributed by atoms with Gasteiger partial charge in [-0.2, -0.15) is 0 Å². The number of nitrogens with zero attached hydrogens (tertiary/aromatic N) is 2. The van der Waals surface area contributed by atoms with E-state index < -0.39 is 4.92 Å². The number of pyridine rings is 1. The lowest BCUT2D eigenvalue weighted by Gasteiger charge is -2.03. The standard InChI is InChI=1S/C8H7ClN2O3/c1-5(14-2)6-3-7(11(12)13)8(9)10-4-6/h3-4H,1H2,2H3. The molecule has 0 aromatic carbocycles. The lowest BCUT2D eigenvalue weighted by molar-refractivity contribution is -0.385. The third-order valence-electron chi connectivity index (χ3n) is 1.59. The minimum absolute atomic E-state index is 0.150. The number of hydrogen-bond acceptors (Lipinski definition) is 4. The fraction of sp³-hybridized carbons (Fsp3) is 0.125. The van der Waals surface area contributed by atoms with Crippen molar-refractivity contribution in [3.05, 3.63) is 39.7 Å². The van der Waals surface area contributed by atoms with Crippen molar-refractivity contribution in [1.29, 1.82) is 0 Å². The Labute approximate surface area is 85.1 Å². The van der Waals surface area contributed by atoms with Gasteiger partial charge < -0.3 is 4.74 Å². The first-order chi connectivity index (χ1) is 6.56. The molecule has 0 saturated carbocycles. The summed E-state index contributed by atoms with van der Waals surface area (Å²) in [5.41, 5.74) is 0.172. The highest BCUT2D eigenvalue weighted by Crippen LogP contribution is 2.25. The Balaban J connectivity index is 3.19. The summed E-state index contributed by atoms with van der Waals surface area (Å²) in [7, 11) is 1.42. The van der Waals surface area contributed by atoms with Crippen molar-refractivity contribution in [3.63, 3.8) is 0 Å². The van der Waals surface area contributed by atoms with Gasteiger partial charge in [0, 0.05) is 17.8 Å². The summed E-state index contributed by atoms with van der Waals surface area (Å²) in [6.07, 6.45) is 1.36. The van der Waals surface area contributed by atoms with E-state index in [1.165, 1.54) is 19.4 Å². The molecule has 14 heavy (non-hydrogen) atoms. The highest BCUT2D eigenvalue weighted by atomic mass is 35.5. The second kappa shape index (κ2) is 4.06. The monoisotopic (exact) mass is 214 g/mol. The minimum atomic E-state index is -0.609. The molecule has 0 fully saturated rings. The third-order valence-corrected chi connectivity index (χ3v) is 1.88. The van der Waals surface area contributed by atoms with Gasteiger partial charge in [0.25, 0.3) is 0 Å². The molecular formula is C8H7ClN2O3. The van der Waals surface area contributed by atoms with Crippen LogP contribution in [0, 0.1) is 10.1 Å². The number of halogens is 1. The molecule has 0 amide bonds. The maximum atomic E-state index is 10.5. The fourth-order valence-electron chi connectivity index (χ4n) is 0.835. The molecule has 0 spiro atoms. The fourth-order valence-corrected chi connectivity index (χ4v) is 1.01. The number of aromatic nitrogens is 1. The van der Waals surface area contributed by atoms with Gasteiger partial charge >= 0.3 is 5.69 Å². The van der Waals surface area contributed by atoms with E-state index in [-0.39, 0.29) is 10.8 Å². The van der Waals surface area contributed by atoms with Gasteiger partial charge in [0.2, 0.25) is 5.15 Å². The van der Waals surface area contributed by atoms with Crippen LogP contribution < -0.4 is 0 Å². The topological polar surface area (TPSA) is 65.3 Å². The third kappa shape index (κ3) is 2.00. The maximum absolute atomic E-state index is 10.5. The highest BCUT2D eigenvalue weighted by molar-refractivity contribution is 6.31. The van der Waals surface area contributed by atoms with Crippen molar-refractivity contribution < 1.29 is 9.66 Å². The van der Waals surface area contributed by atoms with E-state index in [9.17, 15) is 10.1 Å². The van der Waals surface area contributed by atoms with Gasteiger partial charge in [0.1, 0.15) is 5.76 Å². The SMILES string of the molecule is C=C(OC)c1cnc(Cl)c([N+](=O)[O-])c1. The van der Waals surface area contributed by atoms with Crippen molar-refractivity contribution in [2.75, 3.05) is 7.11 Å². The van der Waals surface area contributed by atoms with Crippen LogP contribution in [0.15, 0.2) is 18.8 Å². The maximum Gasteiger partial charge on any atom is 0.307 e. The van der Waals surface area contributed by atoms with Gasteiger partial charge in [0.15, 0.2) is 0 Å². The second-order valence-corrected chi connectivity index (χ2v) is 2.78. The first-order valence-electron chi connectivity index (χ1n) is 3.59. The first-order valence-corrected chi connectivity index (χ1v) is 3.97. The molecule has 0 aliphatic carbocycles. The molecule has 1 aromatic rings. The van der Waals surface area contributed by atoms with Crippen molar-refractivity contribution in [1.82, 2.24) is 4.98 Å². The lowest BCUT2D eigenvalue weighted by atomic mass is 10.2. The zero-order chi connectivity index (χ0) is 10.7. The molecule has 6 heteroatoms. The molecule has 0 aliphatic rings. The van der Waals surface area contributed by atoms with Gasteiger partial charge in [-0.3, -0.25) is 10.1 Å². The number of methoxy groups -OCH3 is 1. The Bertz CT molecular complexity index is 392. The van der Waals surface area contributed by atoms with Crippen LogP contribution in [0.3, 0.4) is 0 Å². The normalized spacial score (nSPS) is 9.57. The number of rotatable bonds is 3. The minimum Gasteiger partial charge on any atom is -0.497 e. The van der Waals surface area contributed by atoms with Crippen LogP contribution in [0.5, 0.6) is 0 Å². The molecule has 0 aliphatic heterocycles. The Morgan fingerprint density at radius 2 is 2.43 bits per heavy atom. The van der Waals surface area contributed by atoms with Gasteiger partial charge in [0.05, 0.1) is 12.0 Å². The lowest BCUT2D eigenvalue weighted by Crippen LogP contribution is -1.94. The van der Waals surface area contributed by atoms with Crippen LogP contribution in [-0.2, 0) is 4.74 Å². The van der Waals surface area contributed by atoms with E-state index in [1.54, 1.807) is 0 Å². The van der Waals surface area contributed by atoms with Gasteiger partial charge in [-0.25, -0.2) is 4.98 Å². The molecule has 1 aromatic heterocycles. The Morgan fingerprint density at radius 3 is 2.93 bits per heavy atom. The summed E-state index contributed by atoms with van der Waals surface area (Å²) in [6.45, 7) is 3.55. The van der Waals surface area contributed by atoms with E-state index in [1.807, 2.05) is 0 Å². The quantitative estimate of drug-likeness (QED) is 0.335. The molecule has 0 N–H and O–H groups in total. The Hall–Kier alpha value is -1.62. The smallest absolute Gasteiger partial charge is 0.307 e. The van der Waals surface area contributed by atoms with E-state index in [2.05, 4.69) is 11.6 Å². The summed E-state index contributed by atoms with van der Waals surface area (Å²) in [5, 5.41) is 10.3. The average molecular weight is 215 g/mol. The molecule has 0 bridgehead atoms. The van der Waals surface area contributed by atoms with Gasteiger partial charge in [-0.1, -0.05) is 18.2 Å². The number of nitro groups is 1. The molecule has 1 heterocycles. The molecule has 0 saturated heterocycles. The largest absolute Gasteiger partial charge is 0.497 e. The van der Waals surface area contributed by atoms with E-state index >= 15 is 0 Å². The van der Waals surface area contributed by atoms with Crippen molar-refractivity contribution in [2.24, 2.45) is 0 Å². The summed E-state index contributed by atoms with van der Waals surface area (Å²) >= 11 is 5.52. The number of hydrogen-bond donors (Lipinski definition) is 0. The molecular weight excluding hydrogens is 208 g/mol. The molecule has 0 radical (unpaired) electrons. The molecule has 1 rings (SSSR count). The van der Waals surface area contributed by atoms with E-state index in [0.717, 1.165) is 0 Å². The number of ether oxygens (including phenoxy) is 1. The van der Waals surface area contributed by atoms with Gasteiger partial charge in [-0.05, 0) is 0 Å². The summed E-state index contributed by atoms with van der Waals surface area (Å²) in [5.74, 6) is 0.303. The van der Waals surface area contributed by atoms with Crippen molar-refractivity contribution >= 4 is 23.0 Å². The Kier molecular flexibility index (Phi) is 3.03. The van der Waals surface area contributed by atoms with Crippen LogP contribution in [0.4, 0.5) is 5.69 Å². The summed E-state index contributed by atoms with van der Waals surface area (Å²) < 4.78 is 4.81. The average Bonchev–Trinajstić information content (AvgIpc) is 2.17. The van der Waals surface area contributed by atoms with Crippen LogP contribution in [0.25, 0.3) is 5.76 Å². The summed E-state index contributed by atoms with van der Waals surface area (Å²) in [4.78, 5) is 13.5. The summed E-state index contributed by atoms with van der Waals surface area (Å²) in [6, 6.07) is 1.27. The van der Waals surface area contributed by atoms with E-state index in [4.69, 9.17) is 16.3 Å². The predicted molar refractivity (Wildman–Crippen MR) is 51.9 cm³/mol. The van der Waals surface area contributed by atoms with Crippen molar-refractivity contribution in [2.45, 2.75) is 0 Å². The van der Waals surface area contributed by atoms with Crippen LogP contribution in [0.1, 0.15) is 5.56 Å². The predicted octanol–water partition coefficient (Wildman–Crippen LogP) is 2.26. The van der Waals surface area contributed by atoms with E-state index in [0.29, 0.717) is 11.3 Å². The van der Waals surface area contributed by atoms with Crippen LogP contribution in [-0.4, -0.2) is 17.0 Å². The molecule has 0 atom stereocenters. The molecule has 74 valence electrons. The Morgan fingerprint density at radius 1 is 1.79 bits per heavy atom. The zero-order valence-corrected chi connectivity index (χ0v) is 8.11. The second-order valence-electron chi connectivity index (χ2n) is 2.42. The molecule has 5 nitrogen and oxygen atoms in total. The van der Waals surface area contributed by atoms with Crippen molar-refractivity contribution in [3.8, 4) is 0 Å².